The van der Waals surface area contributed by atoms with Gasteiger partial charge in [-0.15, -0.1) is 0 Å². The summed E-state index contributed by atoms with van der Waals surface area (Å²) < 4.78 is 22.1. The van der Waals surface area contributed by atoms with Crippen LogP contribution in [0.4, 0.5) is 0 Å². The van der Waals surface area contributed by atoms with Gasteiger partial charge in [0.15, 0.2) is 12.4 Å². The van der Waals surface area contributed by atoms with Gasteiger partial charge in [-0.05, 0) is 35.9 Å². The van der Waals surface area contributed by atoms with E-state index in [-0.39, 0.29) is 12.6 Å². The van der Waals surface area contributed by atoms with Crippen molar-refractivity contribution in [3.8, 4) is 34.3 Å². The van der Waals surface area contributed by atoms with Gasteiger partial charge in [0.2, 0.25) is 5.88 Å². The van der Waals surface area contributed by atoms with Crippen LogP contribution in [0.15, 0.2) is 72.8 Å². The SMILES string of the molecule is CCOC(=O)COc1ccc2cc(-c3nc(OCCN4CCOCC4)cc(-c4ccccc4)n3)ccc2c1. The van der Waals surface area contributed by atoms with Crippen LogP contribution in [0.1, 0.15) is 6.92 Å². The number of ether oxygens (including phenoxy) is 4. The van der Waals surface area contributed by atoms with Crippen molar-refractivity contribution in [1.82, 2.24) is 14.9 Å². The predicted molar refractivity (Wildman–Crippen MR) is 145 cm³/mol. The summed E-state index contributed by atoms with van der Waals surface area (Å²) in [5, 5.41) is 1.99. The van der Waals surface area contributed by atoms with Crippen LogP contribution in [-0.4, -0.2) is 73.5 Å². The number of morpholine rings is 1. The molecule has 1 aliphatic heterocycles. The third kappa shape index (κ3) is 6.65. The first-order valence-electron chi connectivity index (χ1n) is 12.9. The van der Waals surface area contributed by atoms with Crippen molar-refractivity contribution in [2.45, 2.75) is 6.92 Å². The third-order valence-electron chi connectivity index (χ3n) is 6.27. The summed E-state index contributed by atoms with van der Waals surface area (Å²) in [7, 11) is 0. The summed E-state index contributed by atoms with van der Waals surface area (Å²) in [6.07, 6.45) is 0. The summed E-state index contributed by atoms with van der Waals surface area (Å²) >= 11 is 0. The van der Waals surface area contributed by atoms with Crippen LogP contribution in [0.3, 0.4) is 0 Å². The Morgan fingerprint density at radius 3 is 2.50 bits per heavy atom. The maximum absolute atomic E-state index is 11.6. The number of aromatic nitrogens is 2. The smallest absolute Gasteiger partial charge is 0.344 e. The van der Waals surface area contributed by atoms with Crippen molar-refractivity contribution in [2.24, 2.45) is 0 Å². The van der Waals surface area contributed by atoms with Crippen molar-refractivity contribution in [3.05, 3.63) is 72.8 Å². The van der Waals surface area contributed by atoms with Gasteiger partial charge in [0, 0.05) is 36.8 Å². The number of esters is 1. The van der Waals surface area contributed by atoms with E-state index in [1.54, 1.807) is 6.92 Å². The van der Waals surface area contributed by atoms with E-state index in [1.807, 2.05) is 72.8 Å². The van der Waals surface area contributed by atoms with Crippen molar-refractivity contribution in [1.29, 1.82) is 0 Å². The quantitative estimate of drug-likeness (QED) is 0.284. The van der Waals surface area contributed by atoms with E-state index in [0.29, 0.717) is 30.7 Å². The fourth-order valence-corrected chi connectivity index (χ4v) is 4.29. The van der Waals surface area contributed by atoms with Gasteiger partial charge < -0.3 is 18.9 Å². The highest BCUT2D eigenvalue weighted by Crippen LogP contribution is 2.29. The molecule has 2 heterocycles. The maximum atomic E-state index is 11.6. The molecule has 0 amide bonds. The molecule has 0 radical (unpaired) electrons. The van der Waals surface area contributed by atoms with E-state index < -0.39 is 0 Å². The molecule has 0 unspecified atom stereocenters. The molecule has 1 aromatic heterocycles. The second-order valence-electron chi connectivity index (χ2n) is 8.90. The minimum Gasteiger partial charge on any atom is -0.482 e. The van der Waals surface area contributed by atoms with E-state index in [2.05, 4.69) is 4.90 Å². The van der Waals surface area contributed by atoms with Gasteiger partial charge in [0.05, 0.1) is 25.5 Å². The van der Waals surface area contributed by atoms with Crippen molar-refractivity contribution < 1.29 is 23.7 Å². The van der Waals surface area contributed by atoms with Crippen LogP contribution in [0.5, 0.6) is 11.6 Å². The van der Waals surface area contributed by atoms with Crippen LogP contribution < -0.4 is 9.47 Å². The Hall–Kier alpha value is -4.01. The molecule has 0 aliphatic carbocycles. The second kappa shape index (κ2) is 12.5. The topological polar surface area (TPSA) is 83.0 Å². The second-order valence-corrected chi connectivity index (χ2v) is 8.90. The van der Waals surface area contributed by atoms with Crippen molar-refractivity contribution in [2.75, 3.05) is 52.7 Å². The fourth-order valence-electron chi connectivity index (χ4n) is 4.29. The van der Waals surface area contributed by atoms with Crippen LogP contribution in [0, 0.1) is 0 Å². The minimum absolute atomic E-state index is 0.119. The van der Waals surface area contributed by atoms with Gasteiger partial charge in [-0.2, -0.15) is 4.98 Å². The fraction of sp³-hybridized carbons (Fsp3) is 0.300. The molecule has 8 nitrogen and oxygen atoms in total. The van der Waals surface area contributed by atoms with E-state index in [9.17, 15) is 4.79 Å². The van der Waals surface area contributed by atoms with Crippen LogP contribution >= 0.6 is 0 Å². The normalized spacial score (nSPS) is 13.8. The van der Waals surface area contributed by atoms with Gasteiger partial charge in [-0.3, -0.25) is 4.90 Å². The molecule has 4 aromatic rings. The highest BCUT2D eigenvalue weighted by atomic mass is 16.6. The van der Waals surface area contributed by atoms with E-state index in [1.165, 1.54) is 0 Å². The molecule has 5 rings (SSSR count). The summed E-state index contributed by atoms with van der Waals surface area (Å²) in [5.41, 5.74) is 2.69. The molecular formula is C30H31N3O5. The first-order valence-corrected chi connectivity index (χ1v) is 12.9. The van der Waals surface area contributed by atoms with Crippen LogP contribution in [0.25, 0.3) is 33.4 Å². The van der Waals surface area contributed by atoms with Crippen LogP contribution in [0.2, 0.25) is 0 Å². The number of benzene rings is 3. The molecule has 38 heavy (non-hydrogen) atoms. The Bertz CT molecular complexity index is 1370. The molecule has 196 valence electrons. The first-order chi connectivity index (χ1) is 18.7. The lowest BCUT2D eigenvalue weighted by Crippen LogP contribution is -2.38. The average Bonchev–Trinajstić information content (AvgIpc) is 2.97. The largest absolute Gasteiger partial charge is 0.482 e. The summed E-state index contributed by atoms with van der Waals surface area (Å²) in [4.78, 5) is 23.6. The monoisotopic (exact) mass is 513 g/mol. The Morgan fingerprint density at radius 1 is 0.895 bits per heavy atom. The number of nitrogens with zero attached hydrogens (tertiary/aromatic N) is 3. The Labute approximate surface area is 222 Å². The van der Waals surface area contributed by atoms with Gasteiger partial charge in [-0.25, -0.2) is 9.78 Å². The molecule has 0 N–H and O–H groups in total. The number of fused-ring (bicyclic) bond motifs is 1. The highest BCUT2D eigenvalue weighted by Gasteiger charge is 2.13. The molecular weight excluding hydrogens is 482 g/mol. The molecule has 0 atom stereocenters. The number of carbonyl (C=O) groups is 1. The molecule has 3 aromatic carbocycles. The van der Waals surface area contributed by atoms with E-state index >= 15 is 0 Å². The number of hydrogen-bond donors (Lipinski definition) is 0. The predicted octanol–water partition coefficient (Wildman–Crippen LogP) is 4.62. The number of hydrogen-bond acceptors (Lipinski definition) is 8. The van der Waals surface area contributed by atoms with E-state index in [0.717, 1.165) is 60.4 Å². The third-order valence-corrected chi connectivity index (χ3v) is 6.27. The van der Waals surface area contributed by atoms with Gasteiger partial charge in [0.1, 0.15) is 12.4 Å². The lowest BCUT2D eigenvalue weighted by atomic mass is 10.1. The van der Waals surface area contributed by atoms with Gasteiger partial charge >= 0.3 is 5.97 Å². The van der Waals surface area contributed by atoms with Crippen molar-refractivity contribution >= 4 is 16.7 Å². The first kappa shape index (κ1) is 25.6. The standard InChI is InChI=1S/C30H31N3O5/c1-2-36-29(34)21-38-26-11-10-23-18-25(9-8-24(23)19-26)30-31-27(22-6-4-3-5-7-22)20-28(32-30)37-17-14-33-12-15-35-16-13-33/h3-11,18-20H,2,12-17,21H2,1H3. The minimum atomic E-state index is -0.388. The van der Waals surface area contributed by atoms with Gasteiger partial charge in [0.25, 0.3) is 0 Å². The number of rotatable bonds is 10. The maximum Gasteiger partial charge on any atom is 0.344 e. The summed E-state index contributed by atoms with van der Waals surface area (Å²) in [6.45, 7) is 6.69. The molecule has 0 spiro atoms. The summed E-state index contributed by atoms with van der Waals surface area (Å²) in [6, 6.07) is 23.7. The molecule has 1 fully saturated rings. The average molecular weight is 514 g/mol. The molecule has 8 heteroatoms. The summed E-state index contributed by atoms with van der Waals surface area (Å²) in [5.74, 6) is 1.36. The van der Waals surface area contributed by atoms with E-state index in [4.69, 9.17) is 28.9 Å². The molecule has 1 saturated heterocycles. The van der Waals surface area contributed by atoms with Crippen molar-refractivity contribution in [3.63, 3.8) is 0 Å². The molecule has 0 saturated carbocycles. The van der Waals surface area contributed by atoms with Gasteiger partial charge in [-0.1, -0.05) is 48.5 Å². The molecule has 1 aliphatic rings. The molecule has 0 bridgehead atoms. The Morgan fingerprint density at radius 2 is 1.68 bits per heavy atom. The Kier molecular flexibility index (Phi) is 8.42. The lowest BCUT2D eigenvalue weighted by Gasteiger charge is -2.26. The zero-order chi connectivity index (χ0) is 26.2. The zero-order valence-corrected chi connectivity index (χ0v) is 21.5. The number of carbonyl (C=O) groups excluding carboxylic acids is 1. The zero-order valence-electron chi connectivity index (χ0n) is 21.5. The van der Waals surface area contributed by atoms with Crippen LogP contribution in [-0.2, 0) is 14.3 Å². The lowest BCUT2D eigenvalue weighted by molar-refractivity contribution is -0.145. The Balaban J connectivity index is 1.38. The highest BCUT2D eigenvalue weighted by molar-refractivity contribution is 5.88.